The molecule has 4 heteroatoms. The highest BCUT2D eigenvalue weighted by atomic mass is 35.5. The summed E-state index contributed by atoms with van der Waals surface area (Å²) < 4.78 is 5.38. The van der Waals surface area contributed by atoms with Gasteiger partial charge in [-0.1, -0.05) is 42.8 Å². The van der Waals surface area contributed by atoms with Gasteiger partial charge in [0.2, 0.25) is 0 Å². The second-order valence-corrected chi connectivity index (χ2v) is 6.65. The molecule has 2 aromatic carbocycles. The molecule has 3 rings (SSSR count). The van der Waals surface area contributed by atoms with E-state index in [0.717, 1.165) is 35.5 Å². The first-order valence-corrected chi connectivity index (χ1v) is 8.54. The Bertz CT molecular complexity index is 900. The Balaban J connectivity index is 1.86. The summed E-state index contributed by atoms with van der Waals surface area (Å²) in [5.41, 5.74) is 3.80. The SMILES string of the molecule is CCc1ccc2c(C[NH+](C)Cc3ccc(Cl)cc3)cc(=O)oc2c1. The molecule has 0 bridgehead atoms. The van der Waals surface area contributed by atoms with Crippen LogP contribution in [0.5, 0.6) is 0 Å². The molecular formula is C20H21ClNO2+. The van der Waals surface area contributed by atoms with Crippen LogP contribution in [0.15, 0.2) is 57.7 Å². The highest BCUT2D eigenvalue weighted by Gasteiger charge is 2.11. The van der Waals surface area contributed by atoms with Gasteiger partial charge in [0.15, 0.2) is 0 Å². The summed E-state index contributed by atoms with van der Waals surface area (Å²) in [6, 6.07) is 15.6. The number of hydrogen-bond acceptors (Lipinski definition) is 2. The lowest BCUT2D eigenvalue weighted by molar-refractivity contribution is -0.907. The van der Waals surface area contributed by atoms with Gasteiger partial charge < -0.3 is 9.32 Å². The quantitative estimate of drug-likeness (QED) is 0.722. The Kier molecular flexibility index (Phi) is 5.03. The third-order valence-corrected chi connectivity index (χ3v) is 4.47. The van der Waals surface area contributed by atoms with Crippen LogP contribution in [-0.2, 0) is 19.5 Å². The number of hydrogen-bond donors (Lipinski definition) is 1. The van der Waals surface area contributed by atoms with Crippen molar-refractivity contribution in [2.45, 2.75) is 26.4 Å². The largest absolute Gasteiger partial charge is 0.423 e. The maximum absolute atomic E-state index is 11.9. The van der Waals surface area contributed by atoms with E-state index in [1.54, 1.807) is 6.07 Å². The van der Waals surface area contributed by atoms with Gasteiger partial charge in [0.25, 0.3) is 0 Å². The maximum Gasteiger partial charge on any atom is 0.336 e. The fraction of sp³-hybridized carbons (Fsp3) is 0.250. The number of nitrogens with one attached hydrogen (secondary N) is 1. The van der Waals surface area contributed by atoms with E-state index in [2.05, 4.69) is 26.1 Å². The van der Waals surface area contributed by atoms with Crippen LogP contribution in [0.2, 0.25) is 5.02 Å². The van der Waals surface area contributed by atoms with Gasteiger partial charge in [-0.2, -0.15) is 0 Å². The molecule has 0 radical (unpaired) electrons. The number of halogens is 1. The lowest BCUT2D eigenvalue weighted by atomic mass is 10.1. The lowest BCUT2D eigenvalue weighted by Gasteiger charge is -2.15. The third kappa shape index (κ3) is 3.86. The Morgan fingerprint density at radius 2 is 1.71 bits per heavy atom. The zero-order valence-electron chi connectivity index (χ0n) is 13.9. The molecule has 1 unspecified atom stereocenters. The van der Waals surface area contributed by atoms with Crippen molar-refractivity contribution in [2.75, 3.05) is 7.05 Å². The summed E-state index contributed by atoms with van der Waals surface area (Å²) in [5, 5.41) is 1.76. The molecule has 0 fully saturated rings. The zero-order chi connectivity index (χ0) is 17.1. The van der Waals surface area contributed by atoms with Gasteiger partial charge in [-0.15, -0.1) is 0 Å². The fourth-order valence-electron chi connectivity index (χ4n) is 2.98. The van der Waals surface area contributed by atoms with Gasteiger partial charge >= 0.3 is 5.63 Å². The van der Waals surface area contributed by atoms with E-state index >= 15 is 0 Å². The molecule has 124 valence electrons. The first-order chi connectivity index (χ1) is 11.5. The van der Waals surface area contributed by atoms with E-state index in [0.29, 0.717) is 5.58 Å². The van der Waals surface area contributed by atoms with Crippen molar-refractivity contribution in [3.8, 4) is 0 Å². The van der Waals surface area contributed by atoms with Crippen LogP contribution in [0.4, 0.5) is 0 Å². The second kappa shape index (κ2) is 7.20. The van der Waals surface area contributed by atoms with Crippen molar-refractivity contribution >= 4 is 22.6 Å². The third-order valence-electron chi connectivity index (χ3n) is 4.21. The molecule has 1 heterocycles. The number of fused-ring (bicyclic) bond motifs is 1. The Labute approximate surface area is 146 Å². The average Bonchev–Trinajstić information content (AvgIpc) is 2.56. The van der Waals surface area contributed by atoms with Gasteiger partial charge in [-0.3, -0.25) is 0 Å². The van der Waals surface area contributed by atoms with Crippen molar-refractivity contribution in [2.24, 2.45) is 0 Å². The molecule has 0 amide bonds. The second-order valence-electron chi connectivity index (χ2n) is 6.21. The monoisotopic (exact) mass is 342 g/mol. The summed E-state index contributed by atoms with van der Waals surface area (Å²) in [7, 11) is 2.12. The fourth-order valence-corrected chi connectivity index (χ4v) is 3.10. The number of rotatable bonds is 5. The zero-order valence-corrected chi connectivity index (χ0v) is 14.7. The van der Waals surface area contributed by atoms with Crippen LogP contribution in [0.25, 0.3) is 11.0 Å². The van der Waals surface area contributed by atoms with Crippen molar-refractivity contribution in [3.63, 3.8) is 0 Å². The summed E-state index contributed by atoms with van der Waals surface area (Å²) in [4.78, 5) is 13.2. The Morgan fingerprint density at radius 1 is 1.00 bits per heavy atom. The van der Waals surface area contributed by atoms with E-state index in [9.17, 15) is 4.79 Å². The van der Waals surface area contributed by atoms with Gasteiger partial charge in [0, 0.05) is 27.6 Å². The van der Waals surface area contributed by atoms with Crippen LogP contribution in [0.3, 0.4) is 0 Å². The minimum Gasteiger partial charge on any atom is -0.423 e. The van der Waals surface area contributed by atoms with Crippen molar-refractivity contribution < 1.29 is 9.32 Å². The van der Waals surface area contributed by atoms with E-state index in [-0.39, 0.29) is 5.63 Å². The van der Waals surface area contributed by atoms with Gasteiger partial charge in [-0.05, 0) is 30.2 Å². The number of benzene rings is 2. The lowest BCUT2D eigenvalue weighted by Crippen LogP contribution is -3.06. The minimum absolute atomic E-state index is 0.287. The van der Waals surface area contributed by atoms with Gasteiger partial charge in [0.1, 0.15) is 18.7 Å². The van der Waals surface area contributed by atoms with Crippen molar-refractivity contribution in [3.05, 3.63) is 80.7 Å². The van der Waals surface area contributed by atoms with Crippen LogP contribution in [-0.4, -0.2) is 7.05 Å². The van der Waals surface area contributed by atoms with Crippen molar-refractivity contribution in [1.29, 1.82) is 0 Å². The standard InChI is InChI=1S/C20H20ClNO2/c1-3-14-6-9-18-16(11-20(23)24-19(18)10-14)13-22(2)12-15-4-7-17(21)8-5-15/h4-11H,3,12-13H2,1-2H3/p+1. The smallest absolute Gasteiger partial charge is 0.336 e. The molecule has 1 aromatic heterocycles. The summed E-state index contributed by atoms with van der Waals surface area (Å²) in [5.74, 6) is 0. The van der Waals surface area contributed by atoms with Crippen LogP contribution >= 0.6 is 11.6 Å². The summed E-state index contributed by atoms with van der Waals surface area (Å²) in [6.45, 7) is 3.72. The first-order valence-electron chi connectivity index (χ1n) is 8.16. The first kappa shape index (κ1) is 16.7. The minimum atomic E-state index is -0.287. The highest BCUT2D eigenvalue weighted by Crippen LogP contribution is 2.18. The Morgan fingerprint density at radius 3 is 2.42 bits per heavy atom. The predicted octanol–water partition coefficient (Wildman–Crippen LogP) is 3.22. The van der Waals surface area contributed by atoms with Crippen LogP contribution < -0.4 is 10.5 Å². The van der Waals surface area contributed by atoms with Gasteiger partial charge in [0.05, 0.1) is 7.05 Å². The molecule has 3 nitrogen and oxygen atoms in total. The number of aryl methyl sites for hydroxylation is 1. The molecule has 0 saturated heterocycles. The van der Waals surface area contributed by atoms with E-state index in [1.165, 1.54) is 16.0 Å². The molecule has 0 aliphatic rings. The molecule has 24 heavy (non-hydrogen) atoms. The van der Waals surface area contributed by atoms with E-state index in [4.69, 9.17) is 16.0 Å². The van der Waals surface area contributed by atoms with Crippen LogP contribution in [0.1, 0.15) is 23.6 Å². The molecule has 0 aliphatic heterocycles. The molecular weight excluding hydrogens is 322 g/mol. The molecule has 0 spiro atoms. The normalized spacial score (nSPS) is 12.5. The molecule has 0 saturated carbocycles. The molecule has 0 aliphatic carbocycles. The van der Waals surface area contributed by atoms with Crippen molar-refractivity contribution in [1.82, 2.24) is 0 Å². The summed E-state index contributed by atoms with van der Waals surface area (Å²) >= 11 is 5.93. The van der Waals surface area contributed by atoms with E-state index in [1.807, 2.05) is 30.3 Å². The summed E-state index contributed by atoms with van der Waals surface area (Å²) in [6.07, 6.45) is 0.922. The molecule has 1 N–H and O–H groups in total. The molecule has 1 atom stereocenters. The number of quaternary nitrogens is 1. The highest BCUT2D eigenvalue weighted by molar-refractivity contribution is 6.30. The maximum atomic E-state index is 11.9. The molecule has 3 aromatic rings. The topological polar surface area (TPSA) is 34.7 Å². The van der Waals surface area contributed by atoms with Crippen LogP contribution in [0, 0.1) is 0 Å². The van der Waals surface area contributed by atoms with E-state index < -0.39 is 0 Å². The average molecular weight is 343 g/mol. The van der Waals surface area contributed by atoms with Gasteiger partial charge in [-0.25, -0.2) is 4.79 Å². The Hall–Kier alpha value is -2.10. The predicted molar refractivity (Wildman–Crippen MR) is 97.6 cm³/mol.